The molecule has 0 fully saturated rings. The Labute approximate surface area is 130 Å². The second-order valence-electron chi connectivity index (χ2n) is 5.33. The van der Waals surface area contributed by atoms with Crippen LogP contribution in [0.5, 0.6) is 0 Å². The molecule has 4 heteroatoms. The molecular formula is C18H21FN2O. The minimum Gasteiger partial charge on any atom is -0.399 e. The van der Waals surface area contributed by atoms with Gasteiger partial charge in [-0.05, 0) is 49.2 Å². The third kappa shape index (κ3) is 3.85. The molecule has 0 heterocycles. The molecule has 2 aromatic carbocycles. The van der Waals surface area contributed by atoms with Crippen LogP contribution in [0.1, 0.15) is 31.0 Å². The minimum atomic E-state index is -0.273. The summed E-state index contributed by atoms with van der Waals surface area (Å²) >= 11 is 0. The van der Waals surface area contributed by atoms with Gasteiger partial charge in [-0.3, -0.25) is 4.79 Å². The summed E-state index contributed by atoms with van der Waals surface area (Å²) in [6.45, 7) is 4.49. The lowest BCUT2D eigenvalue weighted by molar-refractivity contribution is -0.132. The average molecular weight is 300 g/mol. The Kier molecular flexibility index (Phi) is 5.15. The first-order valence-electron chi connectivity index (χ1n) is 7.40. The van der Waals surface area contributed by atoms with Crippen LogP contribution >= 0.6 is 0 Å². The predicted octanol–water partition coefficient (Wildman–Crippen LogP) is 3.56. The Morgan fingerprint density at radius 1 is 1.23 bits per heavy atom. The number of nitrogens with two attached hydrogens (primary N) is 1. The van der Waals surface area contributed by atoms with Crippen LogP contribution in [0, 0.1) is 5.82 Å². The summed E-state index contributed by atoms with van der Waals surface area (Å²) in [5, 5.41) is 0. The van der Waals surface area contributed by atoms with Gasteiger partial charge in [0, 0.05) is 12.2 Å². The first-order chi connectivity index (χ1) is 10.5. The van der Waals surface area contributed by atoms with Crippen LogP contribution in [-0.4, -0.2) is 17.4 Å². The molecular weight excluding hydrogens is 279 g/mol. The Hall–Kier alpha value is -2.36. The molecule has 1 amide bonds. The van der Waals surface area contributed by atoms with Crippen molar-refractivity contribution in [3.05, 3.63) is 65.5 Å². The fraction of sp³-hybridized carbons (Fsp3) is 0.278. The van der Waals surface area contributed by atoms with E-state index in [0.29, 0.717) is 18.7 Å². The number of amides is 1. The highest BCUT2D eigenvalue weighted by Gasteiger charge is 2.20. The topological polar surface area (TPSA) is 46.3 Å². The van der Waals surface area contributed by atoms with Gasteiger partial charge in [-0.25, -0.2) is 4.39 Å². The van der Waals surface area contributed by atoms with E-state index < -0.39 is 0 Å². The Morgan fingerprint density at radius 3 is 2.50 bits per heavy atom. The number of nitrogens with zero attached hydrogens (tertiary/aromatic N) is 1. The lowest BCUT2D eigenvalue weighted by Crippen LogP contribution is -2.34. The van der Waals surface area contributed by atoms with Gasteiger partial charge in [0.15, 0.2) is 0 Å². The second-order valence-corrected chi connectivity index (χ2v) is 5.33. The van der Waals surface area contributed by atoms with Crippen molar-refractivity contribution in [1.29, 1.82) is 0 Å². The van der Waals surface area contributed by atoms with Gasteiger partial charge in [-0.15, -0.1) is 0 Å². The number of nitrogen functional groups attached to an aromatic ring is 1. The molecule has 2 N–H and O–H groups in total. The van der Waals surface area contributed by atoms with Crippen molar-refractivity contribution in [2.75, 3.05) is 12.3 Å². The number of benzene rings is 2. The first kappa shape index (κ1) is 16.0. The van der Waals surface area contributed by atoms with Gasteiger partial charge in [0.1, 0.15) is 5.82 Å². The lowest BCUT2D eigenvalue weighted by Gasteiger charge is -2.28. The van der Waals surface area contributed by atoms with E-state index in [4.69, 9.17) is 5.73 Å². The highest BCUT2D eigenvalue weighted by Crippen LogP contribution is 2.21. The maximum atomic E-state index is 13.0. The van der Waals surface area contributed by atoms with Gasteiger partial charge < -0.3 is 10.6 Å². The Bertz CT molecular complexity index is 640. The number of carbonyl (C=O) groups excluding carboxylic acids is 1. The number of hydrogen-bond donors (Lipinski definition) is 1. The molecule has 0 aliphatic heterocycles. The summed E-state index contributed by atoms with van der Waals surface area (Å²) in [4.78, 5) is 14.3. The van der Waals surface area contributed by atoms with Crippen LogP contribution < -0.4 is 5.73 Å². The quantitative estimate of drug-likeness (QED) is 0.858. The van der Waals surface area contributed by atoms with E-state index in [2.05, 4.69) is 0 Å². The molecule has 1 atom stereocenters. The minimum absolute atomic E-state index is 0.0323. The highest BCUT2D eigenvalue weighted by atomic mass is 19.1. The van der Waals surface area contributed by atoms with Gasteiger partial charge >= 0.3 is 0 Å². The third-order valence-electron chi connectivity index (χ3n) is 3.79. The molecule has 0 radical (unpaired) electrons. The standard InChI is InChI=1S/C18H21FN2O/c1-3-21(13(2)15-7-9-16(19)10-8-15)18(22)12-14-5-4-6-17(20)11-14/h4-11,13H,3,12,20H2,1-2H3. The maximum absolute atomic E-state index is 13.0. The number of halogens is 1. The van der Waals surface area contributed by atoms with Gasteiger partial charge in [-0.2, -0.15) is 0 Å². The zero-order chi connectivity index (χ0) is 16.1. The smallest absolute Gasteiger partial charge is 0.227 e. The molecule has 0 saturated carbocycles. The predicted molar refractivity (Wildman–Crippen MR) is 86.8 cm³/mol. The van der Waals surface area contributed by atoms with Gasteiger partial charge in [-0.1, -0.05) is 24.3 Å². The van der Waals surface area contributed by atoms with Gasteiger partial charge in [0.2, 0.25) is 5.91 Å². The molecule has 0 aliphatic carbocycles. The van der Waals surface area contributed by atoms with E-state index in [0.717, 1.165) is 11.1 Å². The number of carbonyl (C=O) groups is 1. The van der Waals surface area contributed by atoms with Gasteiger partial charge in [0.25, 0.3) is 0 Å². The van der Waals surface area contributed by atoms with Crippen LogP contribution in [0.25, 0.3) is 0 Å². The summed E-state index contributed by atoms with van der Waals surface area (Å²) in [6.07, 6.45) is 0.310. The van der Waals surface area contributed by atoms with Crippen molar-refractivity contribution in [1.82, 2.24) is 4.90 Å². The van der Waals surface area contributed by atoms with Crippen LogP contribution in [0.15, 0.2) is 48.5 Å². The van der Waals surface area contributed by atoms with E-state index in [-0.39, 0.29) is 17.8 Å². The summed E-state index contributed by atoms with van der Waals surface area (Å²) in [5.41, 5.74) is 8.22. The molecule has 0 aromatic heterocycles. The average Bonchev–Trinajstić information content (AvgIpc) is 2.48. The van der Waals surface area contributed by atoms with Crippen molar-refractivity contribution in [2.45, 2.75) is 26.3 Å². The van der Waals surface area contributed by atoms with Gasteiger partial charge in [0.05, 0.1) is 12.5 Å². The fourth-order valence-electron chi connectivity index (χ4n) is 2.57. The van der Waals surface area contributed by atoms with Crippen LogP contribution in [0.4, 0.5) is 10.1 Å². The van der Waals surface area contributed by atoms with E-state index in [1.807, 2.05) is 32.0 Å². The highest BCUT2D eigenvalue weighted by molar-refractivity contribution is 5.79. The van der Waals surface area contributed by atoms with Crippen molar-refractivity contribution in [3.8, 4) is 0 Å². The number of hydrogen-bond acceptors (Lipinski definition) is 2. The monoisotopic (exact) mass is 300 g/mol. The molecule has 0 bridgehead atoms. The number of anilines is 1. The normalized spacial score (nSPS) is 12.0. The molecule has 0 aliphatic rings. The SMILES string of the molecule is CCN(C(=O)Cc1cccc(N)c1)C(C)c1ccc(F)cc1. The Balaban J connectivity index is 2.12. The van der Waals surface area contributed by atoms with E-state index >= 15 is 0 Å². The van der Waals surface area contributed by atoms with E-state index in [9.17, 15) is 9.18 Å². The zero-order valence-electron chi connectivity index (χ0n) is 12.9. The van der Waals surface area contributed by atoms with Crippen LogP contribution in [0.2, 0.25) is 0 Å². The van der Waals surface area contributed by atoms with E-state index in [1.54, 1.807) is 23.1 Å². The summed E-state index contributed by atoms with van der Waals surface area (Å²) in [5.74, 6) is -0.241. The summed E-state index contributed by atoms with van der Waals surface area (Å²) in [7, 11) is 0. The molecule has 0 spiro atoms. The molecule has 22 heavy (non-hydrogen) atoms. The van der Waals surface area contributed by atoms with Crippen molar-refractivity contribution in [2.24, 2.45) is 0 Å². The summed E-state index contributed by atoms with van der Waals surface area (Å²) in [6, 6.07) is 13.5. The molecule has 3 nitrogen and oxygen atoms in total. The van der Waals surface area contributed by atoms with E-state index in [1.165, 1.54) is 12.1 Å². The van der Waals surface area contributed by atoms with Crippen molar-refractivity contribution < 1.29 is 9.18 Å². The second kappa shape index (κ2) is 7.07. The largest absolute Gasteiger partial charge is 0.399 e. The third-order valence-corrected chi connectivity index (χ3v) is 3.79. The molecule has 1 unspecified atom stereocenters. The van der Waals surface area contributed by atoms with Crippen molar-refractivity contribution in [3.63, 3.8) is 0 Å². The maximum Gasteiger partial charge on any atom is 0.227 e. The fourth-order valence-corrected chi connectivity index (χ4v) is 2.57. The zero-order valence-corrected chi connectivity index (χ0v) is 12.9. The molecule has 2 aromatic rings. The molecule has 0 saturated heterocycles. The van der Waals surface area contributed by atoms with Crippen molar-refractivity contribution >= 4 is 11.6 Å². The molecule has 2 rings (SSSR count). The van der Waals surface area contributed by atoms with Crippen LogP contribution in [-0.2, 0) is 11.2 Å². The first-order valence-corrected chi connectivity index (χ1v) is 7.40. The van der Waals surface area contributed by atoms with Crippen LogP contribution in [0.3, 0.4) is 0 Å². The summed E-state index contributed by atoms with van der Waals surface area (Å²) < 4.78 is 13.0. The molecule has 116 valence electrons. The number of rotatable bonds is 5. The lowest BCUT2D eigenvalue weighted by atomic mass is 10.0. The number of likely N-dealkylation sites (N-methyl/N-ethyl adjacent to an activating group) is 1. The Morgan fingerprint density at radius 2 is 1.91 bits per heavy atom.